The van der Waals surface area contributed by atoms with Crippen LogP contribution in [-0.4, -0.2) is 24.2 Å². The van der Waals surface area contributed by atoms with Crippen LogP contribution >= 0.6 is 11.8 Å². The zero-order chi connectivity index (χ0) is 19.9. The molecule has 0 bridgehead atoms. The number of halogens is 2. The maximum absolute atomic E-state index is 13.1. The summed E-state index contributed by atoms with van der Waals surface area (Å²) < 4.78 is 31.0. The van der Waals surface area contributed by atoms with Crippen molar-refractivity contribution >= 4 is 40.1 Å². The molecule has 0 spiro atoms. The minimum Gasteiger partial charge on any atom is -0.456 e. The van der Waals surface area contributed by atoms with Crippen molar-refractivity contribution in [3.63, 3.8) is 0 Å². The summed E-state index contributed by atoms with van der Waals surface area (Å²) in [5, 5.41) is 4.62. The van der Waals surface area contributed by atoms with Crippen LogP contribution in [0.4, 0.5) is 14.5 Å². The Hall–Kier alpha value is -2.93. The van der Waals surface area contributed by atoms with Gasteiger partial charge in [0.15, 0.2) is 18.2 Å². The average Bonchev–Trinajstić information content (AvgIpc) is 2.69. The number of rotatable bonds is 7. The Bertz CT molecular complexity index is 1000. The fraction of sp³-hybridized carbons (Fsp3) is 0.143. The predicted octanol–water partition coefficient (Wildman–Crippen LogP) is 4.78. The van der Waals surface area contributed by atoms with Crippen molar-refractivity contribution in [3.05, 3.63) is 72.3 Å². The van der Waals surface area contributed by atoms with E-state index in [-0.39, 0.29) is 6.42 Å². The lowest BCUT2D eigenvalue weighted by atomic mass is 10.1. The van der Waals surface area contributed by atoms with Gasteiger partial charge in [-0.2, -0.15) is 0 Å². The van der Waals surface area contributed by atoms with Crippen LogP contribution < -0.4 is 5.32 Å². The lowest BCUT2D eigenvalue weighted by Crippen LogP contribution is -2.21. The second-order valence-corrected chi connectivity index (χ2v) is 7.08. The number of nitrogens with one attached hydrogen (secondary N) is 1. The van der Waals surface area contributed by atoms with Crippen LogP contribution in [0.5, 0.6) is 0 Å². The van der Waals surface area contributed by atoms with Crippen molar-refractivity contribution in [2.24, 2.45) is 0 Å². The first-order chi connectivity index (χ1) is 13.5. The Balaban J connectivity index is 1.43. The van der Waals surface area contributed by atoms with E-state index in [0.29, 0.717) is 16.3 Å². The van der Waals surface area contributed by atoms with Crippen molar-refractivity contribution in [3.8, 4) is 0 Å². The van der Waals surface area contributed by atoms with Crippen molar-refractivity contribution in [2.75, 3.05) is 17.7 Å². The number of carbonyl (C=O) groups is 2. The third-order valence-corrected chi connectivity index (χ3v) is 4.89. The van der Waals surface area contributed by atoms with Gasteiger partial charge in [0.2, 0.25) is 0 Å². The van der Waals surface area contributed by atoms with Gasteiger partial charge in [-0.1, -0.05) is 36.4 Å². The molecule has 0 aliphatic carbocycles. The van der Waals surface area contributed by atoms with Crippen LogP contribution in [0.2, 0.25) is 0 Å². The van der Waals surface area contributed by atoms with Gasteiger partial charge in [0, 0.05) is 21.7 Å². The quantitative estimate of drug-likeness (QED) is 0.457. The Morgan fingerprint density at radius 3 is 2.57 bits per heavy atom. The van der Waals surface area contributed by atoms with Crippen molar-refractivity contribution in [1.29, 1.82) is 0 Å². The summed E-state index contributed by atoms with van der Waals surface area (Å²) in [7, 11) is 0. The Kier molecular flexibility index (Phi) is 6.60. The lowest BCUT2D eigenvalue weighted by molar-refractivity contribution is -0.146. The summed E-state index contributed by atoms with van der Waals surface area (Å²) in [5.41, 5.74) is 0.646. The van der Waals surface area contributed by atoms with Crippen LogP contribution in [-0.2, 0) is 14.3 Å². The number of hydrogen-bond donors (Lipinski definition) is 1. The number of esters is 1. The normalized spacial score (nSPS) is 10.6. The predicted molar refractivity (Wildman–Crippen MR) is 105 cm³/mol. The fourth-order valence-electron chi connectivity index (χ4n) is 2.56. The molecular weight excluding hydrogens is 384 g/mol. The number of amides is 1. The maximum Gasteiger partial charge on any atom is 0.307 e. The molecule has 3 aromatic carbocycles. The lowest BCUT2D eigenvalue weighted by Gasteiger charge is -2.09. The van der Waals surface area contributed by atoms with E-state index in [1.54, 1.807) is 6.07 Å². The van der Waals surface area contributed by atoms with Crippen molar-refractivity contribution in [2.45, 2.75) is 11.3 Å². The number of benzene rings is 3. The molecule has 144 valence electrons. The van der Waals surface area contributed by atoms with Crippen LogP contribution in [0.1, 0.15) is 6.42 Å². The minimum absolute atomic E-state index is 0.0468. The molecule has 0 saturated heterocycles. The van der Waals surface area contributed by atoms with Crippen LogP contribution in [0, 0.1) is 11.6 Å². The van der Waals surface area contributed by atoms with Crippen LogP contribution in [0.25, 0.3) is 10.8 Å². The zero-order valence-corrected chi connectivity index (χ0v) is 15.6. The highest BCUT2D eigenvalue weighted by Gasteiger charge is 2.10. The molecule has 1 amide bonds. The summed E-state index contributed by atoms with van der Waals surface area (Å²) in [5.74, 6) is -2.49. The molecule has 0 aliphatic rings. The molecule has 0 radical (unpaired) electrons. The molecule has 0 aromatic heterocycles. The van der Waals surface area contributed by atoms with E-state index in [1.165, 1.54) is 17.8 Å². The first-order valence-corrected chi connectivity index (χ1v) is 9.52. The number of hydrogen-bond acceptors (Lipinski definition) is 4. The monoisotopic (exact) mass is 401 g/mol. The van der Waals surface area contributed by atoms with E-state index >= 15 is 0 Å². The Morgan fingerprint density at radius 2 is 1.75 bits per heavy atom. The molecule has 3 rings (SSSR count). The highest BCUT2D eigenvalue weighted by molar-refractivity contribution is 7.99. The molecule has 0 fully saturated rings. The molecule has 4 nitrogen and oxygen atoms in total. The van der Waals surface area contributed by atoms with Gasteiger partial charge in [0.05, 0.1) is 6.42 Å². The van der Waals surface area contributed by atoms with E-state index in [1.807, 2.05) is 36.4 Å². The highest BCUT2D eigenvalue weighted by atomic mass is 32.2. The second kappa shape index (κ2) is 9.32. The summed E-state index contributed by atoms with van der Waals surface area (Å²) in [6, 6.07) is 16.7. The van der Waals surface area contributed by atoms with Gasteiger partial charge >= 0.3 is 5.97 Å². The van der Waals surface area contributed by atoms with Crippen molar-refractivity contribution < 1.29 is 23.1 Å². The molecule has 0 atom stereocenters. The molecule has 0 aliphatic heterocycles. The largest absolute Gasteiger partial charge is 0.456 e. The maximum atomic E-state index is 13.1. The average molecular weight is 401 g/mol. The summed E-state index contributed by atoms with van der Waals surface area (Å²) in [6.45, 7) is -0.391. The topological polar surface area (TPSA) is 55.4 Å². The van der Waals surface area contributed by atoms with Crippen LogP contribution in [0.3, 0.4) is 0 Å². The van der Waals surface area contributed by atoms with Gasteiger partial charge in [-0.25, -0.2) is 8.78 Å². The second-order valence-electron chi connectivity index (χ2n) is 5.91. The SMILES string of the molecule is O=C(COC(=O)CCSc1ccc(F)c(F)c1)Nc1cccc2ccccc12. The van der Waals surface area contributed by atoms with Gasteiger partial charge in [-0.15, -0.1) is 11.8 Å². The van der Waals surface area contributed by atoms with Gasteiger partial charge in [-0.3, -0.25) is 9.59 Å². The highest BCUT2D eigenvalue weighted by Crippen LogP contribution is 2.23. The zero-order valence-electron chi connectivity index (χ0n) is 14.8. The van der Waals surface area contributed by atoms with E-state index in [4.69, 9.17) is 4.74 Å². The number of fused-ring (bicyclic) bond motifs is 1. The van der Waals surface area contributed by atoms with Gasteiger partial charge in [-0.05, 0) is 29.7 Å². The van der Waals surface area contributed by atoms with E-state index < -0.39 is 30.1 Å². The van der Waals surface area contributed by atoms with Crippen molar-refractivity contribution in [1.82, 2.24) is 0 Å². The summed E-state index contributed by atoms with van der Waals surface area (Å²) in [6.07, 6.45) is 0.0468. The minimum atomic E-state index is -0.933. The Morgan fingerprint density at radius 1 is 0.964 bits per heavy atom. The molecule has 0 heterocycles. The standard InChI is InChI=1S/C21H17F2NO3S/c22-17-9-8-15(12-18(17)23)28-11-10-21(26)27-13-20(25)24-19-7-3-5-14-4-1-2-6-16(14)19/h1-9,12H,10-11,13H2,(H,24,25). The summed E-state index contributed by atoms with van der Waals surface area (Å²) >= 11 is 1.20. The first kappa shape index (κ1) is 19.8. The third-order valence-electron chi connectivity index (χ3n) is 3.89. The smallest absolute Gasteiger partial charge is 0.307 e. The molecule has 0 unspecified atom stereocenters. The summed E-state index contributed by atoms with van der Waals surface area (Å²) in [4.78, 5) is 24.3. The van der Waals surface area contributed by atoms with Gasteiger partial charge in [0.25, 0.3) is 5.91 Å². The van der Waals surface area contributed by atoms with Crippen LogP contribution in [0.15, 0.2) is 65.6 Å². The van der Waals surface area contributed by atoms with Gasteiger partial charge < -0.3 is 10.1 Å². The number of ether oxygens (including phenoxy) is 1. The van der Waals surface area contributed by atoms with Gasteiger partial charge in [0.1, 0.15) is 0 Å². The number of carbonyl (C=O) groups excluding carboxylic acids is 2. The molecule has 3 aromatic rings. The number of anilines is 1. The third kappa shape index (κ3) is 5.29. The molecule has 1 N–H and O–H groups in total. The molecule has 7 heteroatoms. The first-order valence-electron chi connectivity index (χ1n) is 8.54. The fourth-order valence-corrected chi connectivity index (χ4v) is 3.41. The molecule has 0 saturated carbocycles. The van der Waals surface area contributed by atoms with E-state index in [0.717, 1.165) is 22.9 Å². The van der Waals surface area contributed by atoms with E-state index in [9.17, 15) is 18.4 Å². The Labute approximate surface area is 164 Å². The van der Waals surface area contributed by atoms with E-state index in [2.05, 4.69) is 5.32 Å². The molecule has 28 heavy (non-hydrogen) atoms. The molecular formula is C21H17F2NO3S. The number of thioether (sulfide) groups is 1.